The minimum atomic E-state index is 0.806. The van der Waals surface area contributed by atoms with E-state index in [2.05, 4.69) is 47.1 Å². The number of thiazole rings is 1. The zero-order valence-corrected chi connectivity index (χ0v) is 12.8. The van der Waals surface area contributed by atoms with Gasteiger partial charge in [0.05, 0.1) is 10.2 Å². The van der Waals surface area contributed by atoms with E-state index in [9.17, 15) is 0 Å². The molecular weight excluding hydrogens is 366 g/mol. The van der Waals surface area contributed by atoms with Crippen LogP contribution in [0.15, 0.2) is 21.2 Å². The Kier molecular flexibility index (Phi) is 3.19. The van der Waals surface area contributed by atoms with Crippen LogP contribution in [0.3, 0.4) is 0 Å². The van der Waals surface area contributed by atoms with Crippen LogP contribution in [-0.4, -0.2) is 9.97 Å². The molecule has 2 aromatic rings. The standard InChI is InChI=1S/C11H9Br2N3S/c12-6-4-7(13)10(14-5-6)16-11-15-8-2-1-3-9(8)17-11/h4-5H,1-3H2,(H,14,15,16). The molecule has 0 amide bonds. The van der Waals surface area contributed by atoms with Gasteiger partial charge in [0, 0.05) is 15.5 Å². The lowest BCUT2D eigenvalue weighted by molar-refractivity contribution is 0.900. The van der Waals surface area contributed by atoms with E-state index in [4.69, 9.17) is 0 Å². The largest absolute Gasteiger partial charge is 0.315 e. The Balaban J connectivity index is 1.86. The minimum absolute atomic E-state index is 0.806. The molecule has 0 saturated carbocycles. The first-order valence-corrected chi connectivity index (χ1v) is 7.69. The molecule has 0 aliphatic heterocycles. The molecule has 2 aromatic heterocycles. The highest BCUT2D eigenvalue weighted by Crippen LogP contribution is 2.33. The molecule has 3 rings (SSSR count). The lowest BCUT2D eigenvalue weighted by Crippen LogP contribution is -1.94. The highest BCUT2D eigenvalue weighted by Gasteiger charge is 2.17. The molecule has 6 heteroatoms. The number of pyridine rings is 1. The van der Waals surface area contributed by atoms with Crippen LogP contribution in [0.25, 0.3) is 0 Å². The molecule has 0 fully saturated rings. The van der Waals surface area contributed by atoms with Crippen molar-refractivity contribution in [3.63, 3.8) is 0 Å². The molecular formula is C11H9Br2N3S. The molecule has 88 valence electrons. The Hall–Kier alpha value is -0.460. The summed E-state index contributed by atoms with van der Waals surface area (Å²) in [5.74, 6) is 0.806. The Labute approximate surface area is 120 Å². The predicted molar refractivity (Wildman–Crippen MR) is 77.1 cm³/mol. The summed E-state index contributed by atoms with van der Waals surface area (Å²) in [5.41, 5.74) is 1.26. The molecule has 1 aliphatic rings. The fraction of sp³-hybridized carbons (Fsp3) is 0.273. The number of nitrogens with one attached hydrogen (secondary N) is 1. The van der Waals surface area contributed by atoms with Gasteiger partial charge >= 0.3 is 0 Å². The zero-order valence-electron chi connectivity index (χ0n) is 8.83. The number of hydrogen-bond donors (Lipinski definition) is 1. The first-order valence-electron chi connectivity index (χ1n) is 5.29. The van der Waals surface area contributed by atoms with Crippen LogP contribution >= 0.6 is 43.2 Å². The molecule has 0 bridgehead atoms. The van der Waals surface area contributed by atoms with Gasteiger partial charge in [-0.15, -0.1) is 11.3 Å². The van der Waals surface area contributed by atoms with Crippen molar-refractivity contribution in [2.75, 3.05) is 5.32 Å². The van der Waals surface area contributed by atoms with Crippen LogP contribution in [0, 0.1) is 0 Å². The van der Waals surface area contributed by atoms with E-state index in [1.807, 2.05) is 6.07 Å². The fourth-order valence-electron chi connectivity index (χ4n) is 1.85. The second-order valence-electron chi connectivity index (χ2n) is 3.85. The van der Waals surface area contributed by atoms with Crippen molar-refractivity contribution in [1.29, 1.82) is 0 Å². The second kappa shape index (κ2) is 4.66. The Morgan fingerprint density at radius 1 is 1.29 bits per heavy atom. The van der Waals surface area contributed by atoms with Gasteiger partial charge in [0.1, 0.15) is 5.82 Å². The zero-order chi connectivity index (χ0) is 11.8. The van der Waals surface area contributed by atoms with Crippen LogP contribution in [0.1, 0.15) is 17.0 Å². The fourth-order valence-corrected chi connectivity index (χ4v) is 3.99. The first-order chi connectivity index (χ1) is 8.22. The third-order valence-electron chi connectivity index (χ3n) is 2.63. The summed E-state index contributed by atoms with van der Waals surface area (Å²) >= 11 is 8.60. The van der Waals surface area contributed by atoms with Gasteiger partial charge in [-0.1, -0.05) is 0 Å². The maximum absolute atomic E-state index is 4.58. The molecule has 17 heavy (non-hydrogen) atoms. The van der Waals surface area contributed by atoms with Crippen molar-refractivity contribution in [2.24, 2.45) is 0 Å². The predicted octanol–water partition coefficient (Wildman–Crippen LogP) is 4.30. The van der Waals surface area contributed by atoms with Crippen molar-refractivity contribution in [2.45, 2.75) is 19.3 Å². The van der Waals surface area contributed by atoms with E-state index >= 15 is 0 Å². The average molecular weight is 375 g/mol. The van der Waals surface area contributed by atoms with Crippen molar-refractivity contribution >= 4 is 54.1 Å². The molecule has 3 nitrogen and oxygen atoms in total. The first kappa shape index (κ1) is 11.6. The molecule has 0 atom stereocenters. The number of nitrogens with zero attached hydrogens (tertiary/aromatic N) is 2. The van der Waals surface area contributed by atoms with E-state index < -0.39 is 0 Å². The number of halogens is 2. The van der Waals surface area contributed by atoms with Gasteiger partial charge in [-0.3, -0.25) is 0 Å². The van der Waals surface area contributed by atoms with E-state index in [1.54, 1.807) is 17.5 Å². The minimum Gasteiger partial charge on any atom is -0.315 e. The van der Waals surface area contributed by atoms with Crippen molar-refractivity contribution in [3.8, 4) is 0 Å². The lowest BCUT2D eigenvalue weighted by Gasteiger charge is -2.04. The lowest BCUT2D eigenvalue weighted by atomic mass is 10.4. The number of hydrogen-bond acceptors (Lipinski definition) is 4. The van der Waals surface area contributed by atoms with Crippen LogP contribution < -0.4 is 5.32 Å². The maximum Gasteiger partial charge on any atom is 0.188 e. The van der Waals surface area contributed by atoms with Crippen LogP contribution in [0.2, 0.25) is 0 Å². The number of anilines is 2. The molecule has 0 aromatic carbocycles. The van der Waals surface area contributed by atoms with Gasteiger partial charge in [0.2, 0.25) is 0 Å². The third kappa shape index (κ3) is 2.39. The number of aromatic nitrogens is 2. The van der Waals surface area contributed by atoms with Crippen LogP contribution in [0.4, 0.5) is 10.9 Å². The summed E-state index contributed by atoms with van der Waals surface area (Å²) in [5, 5.41) is 4.19. The number of aryl methyl sites for hydroxylation is 2. The summed E-state index contributed by atoms with van der Waals surface area (Å²) < 4.78 is 1.89. The summed E-state index contributed by atoms with van der Waals surface area (Å²) in [6, 6.07) is 1.97. The van der Waals surface area contributed by atoms with E-state index in [0.717, 1.165) is 26.3 Å². The van der Waals surface area contributed by atoms with Gasteiger partial charge in [-0.2, -0.15) is 0 Å². The monoisotopic (exact) mass is 373 g/mol. The molecule has 1 aliphatic carbocycles. The number of rotatable bonds is 2. The smallest absolute Gasteiger partial charge is 0.188 e. The molecule has 0 saturated heterocycles. The van der Waals surface area contributed by atoms with Crippen molar-refractivity contribution in [1.82, 2.24) is 9.97 Å². The third-order valence-corrected chi connectivity index (χ3v) is 4.74. The van der Waals surface area contributed by atoms with Gasteiger partial charge in [0.25, 0.3) is 0 Å². The van der Waals surface area contributed by atoms with Gasteiger partial charge < -0.3 is 5.32 Å². The molecule has 0 unspecified atom stereocenters. The van der Waals surface area contributed by atoms with E-state index in [0.29, 0.717) is 0 Å². The molecule has 0 spiro atoms. The van der Waals surface area contributed by atoms with Crippen molar-refractivity contribution < 1.29 is 0 Å². The van der Waals surface area contributed by atoms with E-state index in [1.165, 1.54) is 23.4 Å². The van der Waals surface area contributed by atoms with Crippen molar-refractivity contribution in [3.05, 3.63) is 31.8 Å². The maximum atomic E-state index is 4.58. The summed E-state index contributed by atoms with van der Waals surface area (Å²) in [6.45, 7) is 0. The summed E-state index contributed by atoms with van der Waals surface area (Å²) in [6.07, 6.45) is 5.30. The quantitative estimate of drug-likeness (QED) is 0.851. The highest BCUT2D eigenvalue weighted by molar-refractivity contribution is 9.11. The normalized spacial score (nSPS) is 13.8. The average Bonchev–Trinajstić information content (AvgIpc) is 2.82. The Bertz CT molecular complexity index is 546. The van der Waals surface area contributed by atoms with Gasteiger partial charge in [0.15, 0.2) is 5.13 Å². The topological polar surface area (TPSA) is 37.8 Å². The molecule has 2 heterocycles. The molecule has 0 radical (unpaired) electrons. The SMILES string of the molecule is Brc1cnc(Nc2nc3c(s2)CCC3)c(Br)c1. The highest BCUT2D eigenvalue weighted by atomic mass is 79.9. The van der Waals surface area contributed by atoms with Crippen LogP contribution in [0.5, 0.6) is 0 Å². The van der Waals surface area contributed by atoms with Gasteiger partial charge in [-0.05, 0) is 57.2 Å². The molecule has 1 N–H and O–H groups in total. The van der Waals surface area contributed by atoms with E-state index in [-0.39, 0.29) is 0 Å². The second-order valence-corrected chi connectivity index (χ2v) is 6.71. The summed E-state index contributed by atoms with van der Waals surface area (Å²) in [4.78, 5) is 10.3. The van der Waals surface area contributed by atoms with Gasteiger partial charge in [-0.25, -0.2) is 9.97 Å². The number of fused-ring (bicyclic) bond motifs is 1. The summed E-state index contributed by atoms with van der Waals surface area (Å²) in [7, 11) is 0. The Morgan fingerprint density at radius 3 is 2.94 bits per heavy atom. The Morgan fingerprint density at radius 2 is 2.18 bits per heavy atom. The van der Waals surface area contributed by atoms with Crippen LogP contribution in [-0.2, 0) is 12.8 Å².